The predicted molar refractivity (Wildman–Crippen MR) is 66.5 cm³/mol. The van der Waals surface area contributed by atoms with Crippen molar-refractivity contribution in [3.05, 3.63) is 0 Å². The highest BCUT2D eigenvalue weighted by Crippen LogP contribution is 2.27. The van der Waals surface area contributed by atoms with E-state index in [1.54, 1.807) is 0 Å². The minimum absolute atomic E-state index is 0.0671. The maximum absolute atomic E-state index is 11.0. The predicted octanol–water partition coefficient (Wildman–Crippen LogP) is 3.59. The lowest BCUT2D eigenvalue weighted by Gasteiger charge is -2.27. The van der Waals surface area contributed by atoms with Crippen molar-refractivity contribution in [2.45, 2.75) is 65.4 Å². The minimum Gasteiger partial charge on any atom is -0.378 e. The summed E-state index contributed by atoms with van der Waals surface area (Å²) in [5.41, 5.74) is 0.0671. The molecule has 94 valence electrons. The van der Waals surface area contributed by atoms with Crippen molar-refractivity contribution in [3.63, 3.8) is 0 Å². The molecule has 0 spiro atoms. The van der Waals surface area contributed by atoms with Crippen LogP contribution in [0, 0.1) is 11.3 Å². The third-order valence-electron chi connectivity index (χ3n) is 3.61. The second kappa shape index (κ2) is 6.39. The molecule has 0 N–H and O–H groups in total. The maximum Gasteiger partial charge on any atom is 0.123 e. The van der Waals surface area contributed by atoms with Crippen molar-refractivity contribution in [2.24, 2.45) is 11.3 Å². The molecule has 0 radical (unpaired) electrons. The van der Waals surface area contributed by atoms with Gasteiger partial charge in [-0.1, -0.05) is 40.0 Å². The van der Waals surface area contributed by atoms with Crippen LogP contribution in [0.15, 0.2) is 0 Å². The fourth-order valence-corrected chi connectivity index (χ4v) is 2.30. The summed E-state index contributed by atoms with van der Waals surface area (Å²) in [6, 6.07) is 0. The Morgan fingerprint density at radius 2 is 1.88 bits per heavy atom. The van der Waals surface area contributed by atoms with Gasteiger partial charge >= 0.3 is 0 Å². The van der Waals surface area contributed by atoms with Gasteiger partial charge in [0.1, 0.15) is 6.29 Å². The Labute approximate surface area is 99.8 Å². The van der Waals surface area contributed by atoms with E-state index < -0.39 is 0 Å². The zero-order valence-electron chi connectivity index (χ0n) is 11.0. The summed E-state index contributed by atoms with van der Waals surface area (Å²) in [6.45, 7) is 7.09. The van der Waals surface area contributed by atoms with Gasteiger partial charge in [-0.3, -0.25) is 0 Å². The van der Waals surface area contributed by atoms with Gasteiger partial charge in [-0.25, -0.2) is 0 Å². The summed E-state index contributed by atoms with van der Waals surface area (Å²) in [5, 5.41) is 0. The van der Waals surface area contributed by atoms with Crippen molar-refractivity contribution in [1.29, 1.82) is 0 Å². The van der Waals surface area contributed by atoms with Gasteiger partial charge in [-0.05, 0) is 24.7 Å². The smallest absolute Gasteiger partial charge is 0.123 e. The zero-order valence-corrected chi connectivity index (χ0v) is 11.0. The van der Waals surface area contributed by atoms with E-state index >= 15 is 0 Å². The summed E-state index contributed by atoms with van der Waals surface area (Å²) < 4.78 is 5.85. The Kier molecular flexibility index (Phi) is 5.47. The van der Waals surface area contributed by atoms with Crippen LogP contribution in [0.2, 0.25) is 0 Å². The number of carbonyl (C=O) groups is 1. The van der Waals surface area contributed by atoms with Crippen LogP contribution in [0.5, 0.6) is 0 Å². The van der Waals surface area contributed by atoms with Crippen LogP contribution in [-0.2, 0) is 9.53 Å². The van der Waals surface area contributed by atoms with E-state index in [9.17, 15) is 4.79 Å². The number of aldehydes is 1. The number of hydrogen-bond donors (Lipinski definition) is 0. The third kappa shape index (κ3) is 4.65. The number of ether oxygens (including phenoxy) is 1. The Morgan fingerprint density at radius 3 is 2.38 bits per heavy atom. The molecule has 1 unspecified atom stereocenters. The molecule has 16 heavy (non-hydrogen) atoms. The summed E-state index contributed by atoms with van der Waals surface area (Å²) in [4.78, 5) is 11.0. The molecule has 0 amide bonds. The lowest BCUT2D eigenvalue weighted by Crippen LogP contribution is -2.25. The van der Waals surface area contributed by atoms with Crippen molar-refractivity contribution in [1.82, 2.24) is 0 Å². The van der Waals surface area contributed by atoms with E-state index in [4.69, 9.17) is 4.74 Å². The molecule has 0 aromatic carbocycles. The number of rotatable bonds is 5. The largest absolute Gasteiger partial charge is 0.378 e. The molecule has 1 aliphatic rings. The first-order valence-corrected chi connectivity index (χ1v) is 6.61. The summed E-state index contributed by atoms with van der Waals surface area (Å²) in [7, 11) is 0. The molecule has 1 rings (SSSR count). The zero-order chi connectivity index (χ0) is 12.0. The molecule has 1 aliphatic carbocycles. The molecule has 2 heteroatoms. The quantitative estimate of drug-likeness (QED) is 0.670. The SMILES string of the molecule is CC(C)(C)C(C=O)CCOC1CCCCC1. The monoisotopic (exact) mass is 226 g/mol. The molecule has 0 aromatic heterocycles. The van der Waals surface area contributed by atoms with E-state index in [0.717, 1.165) is 19.3 Å². The molecule has 0 aromatic rings. The first-order valence-electron chi connectivity index (χ1n) is 6.61. The first-order chi connectivity index (χ1) is 7.54. The standard InChI is InChI=1S/C14H26O2/c1-14(2,3)12(11-15)9-10-16-13-7-5-4-6-8-13/h11-13H,4-10H2,1-3H3. The van der Waals surface area contributed by atoms with Crippen LogP contribution >= 0.6 is 0 Å². The summed E-state index contributed by atoms with van der Waals surface area (Å²) >= 11 is 0. The molecule has 0 aliphatic heterocycles. The topological polar surface area (TPSA) is 26.3 Å². The molecule has 1 fully saturated rings. The van der Waals surface area contributed by atoms with Crippen molar-refractivity contribution in [2.75, 3.05) is 6.61 Å². The molecular formula is C14H26O2. The molecule has 0 saturated heterocycles. The van der Waals surface area contributed by atoms with Crippen LogP contribution in [0.25, 0.3) is 0 Å². The molecule has 2 nitrogen and oxygen atoms in total. The van der Waals surface area contributed by atoms with Crippen molar-refractivity contribution >= 4 is 6.29 Å². The van der Waals surface area contributed by atoms with Gasteiger partial charge in [-0.2, -0.15) is 0 Å². The van der Waals surface area contributed by atoms with Gasteiger partial charge < -0.3 is 9.53 Å². The number of hydrogen-bond acceptors (Lipinski definition) is 2. The highest BCUT2D eigenvalue weighted by Gasteiger charge is 2.24. The Balaban J connectivity index is 2.20. The average Bonchev–Trinajstić information content (AvgIpc) is 2.24. The first kappa shape index (κ1) is 13.7. The third-order valence-corrected chi connectivity index (χ3v) is 3.61. The average molecular weight is 226 g/mol. The Bertz CT molecular complexity index is 199. The van der Waals surface area contributed by atoms with Crippen LogP contribution in [0.4, 0.5) is 0 Å². The fourth-order valence-electron chi connectivity index (χ4n) is 2.30. The van der Waals surface area contributed by atoms with Crippen LogP contribution in [-0.4, -0.2) is 19.0 Å². The van der Waals surface area contributed by atoms with Gasteiger partial charge in [0.15, 0.2) is 0 Å². The minimum atomic E-state index is 0.0671. The second-order valence-electron chi connectivity index (χ2n) is 6.03. The van der Waals surface area contributed by atoms with E-state index in [2.05, 4.69) is 20.8 Å². The van der Waals surface area contributed by atoms with Gasteiger partial charge in [0.25, 0.3) is 0 Å². The van der Waals surface area contributed by atoms with Gasteiger partial charge in [-0.15, -0.1) is 0 Å². The second-order valence-corrected chi connectivity index (χ2v) is 6.03. The normalized spacial score (nSPS) is 20.7. The molecule has 1 atom stereocenters. The van der Waals surface area contributed by atoms with E-state index in [-0.39, 0.29) is 11.3 Å². The van der Waals surface area contributed by atoms with Crippen LogP contribution < -0.4 is 0 Å². The molecule has 0 heterocycles. The Hall–Kier alpha value is -0.370. The van der Waals surface area contributed by atoms with E-state index in [1.165, 1.54) is 32.1 Å². The van der Waals surface area contributed by atoms with Gasteiger partial charge in [0, 0.05) is 12.5 Å². The van der Waals surface area contributed by atoms with Crippen LogP contribution in [0.3, 0.4) is 0 Å². The Morgan fingerprint density at radius 1 is 1.25 bits per heavy atom. The van der Waals surface area contributed by atoms with E-state index in [1.807, 2.05) is 0 Å². The van der Waals surface area contributed by atoms with Crippen molar-refractivity contribution in [3.8, 4) is 0 Å². The maximum atomic E-state index is 11.0. The van der Waals surface area contributed by atoms with Gasteiger partial charge in [0.2, 0.25) is 0 Å². The highest BCUT2D eigenvalue weighted by molar-refractivity contribution is 5.54. The lowest BCUT2D eigenvalue weighted by molar-refractivity contribution is -0.115. The van der Waals surface area contributed by atoms with E-state index in [0.29, 0.717) is 6.10 Å². The van der Waals surface area contributed by atoms with Crippen LogP contribution in [0.1, 0.15) is 59.3 Å². The number of carbonyl (C=O) groups excluding carboxylic acids is 1. The highest BCUT2D eigenvalue weighted by atomic mass is 16.5. The lowest BCUT2D eigenvalue weighted by atomic mass is 9.80. The fraction of sp³-hybridized carbons (Fsp3) is 0.929. The molecular weight excluding hydrogens is 200 g/mol. The summed E-state index contributed by atoms with van der Waals surface area (Å²) in [6.07, 6.45) is 8.80. The van der Waals surface area contributed by atoms with Gasteiger partial charge in [0.05, 0.1) is 6.10 Å². The molecule has 1 saturated carbocycles. The molecule has 0 bridgehead atoms. The van der Waals surface area contributed by atoms with Crippen molar-refractivity contribution < 1.29 is 9.53 Å². The summed E-state index contributed by atoms with van der Waals surface area (Å²) in [5.74, 6) is 0.121.